The molecule has 0 aliphatic rings. The summed E-state index contributed by atoms with van der Waals surface area (Å²) in [6.45, 7) is 10.7. The van der Waals surface area contributed by atoms with E-state index in [0.717, 1.165) is 25.7 Å². The van der Waals surface area contributed by atoms with Crippen molar-refractivity contribution >= 4 is 0 Å². The largest absolute Gasteiger partial charge is 0.365 e. The quantitative estimate of drug-likeness (QED) is 0.379. The van der Waals surface area contributed by atoms with Gasteiger partial charge in [0, 0.05) is 11.8 Å². The Hall–Kier alpha value is -0.0800. The molecule has 2 heteroatoms. The second kappa shape index (κ2) is 9.78. The molecule has 0 saturated heterocycles. The van der Waals surface area contributed by atoms with Crippen LogP contribution in [0.5, 0.6) is 0 Å². The Morgan fingerprint density at radius 1 is 0.800 bits per heavy atom. The van der Waals surface area contributed by atoms with Crippen LogP contribution < -0.4 is 0 Å². The van der Waals surface area contributed by atoms with Gasteiger partial charge in [0.15, 0.2) is 5.79 Å². The van der Waals surface area contributed by atoms with E-state index in [0.29, 0.717) is 12.3 Å². The highest BCUT2D eigenvalue weighted by molar-refractivity contribution is 4.91. The first kappa shape index (κ1) is 19.9. The smallest absolute Gasteiger partial charge is 0.168 e. The molecule has 0 rings (SSSR count). The zero-order valence-electron chi connectivity index (χ0n) is 14.5. The van der Waals surface area contributed by atoms with Crippen LogP contribution in [0.2, 0.25) is 0 Å². The number of unbranched alkanes of at least 4 members (excludes halogenated alkanes) is 4. The van der Waals surface area contributed by atoms with Gasteiger partial charge < -0.3 is 10.2 Å². The molecule has 2 nitrogen and oxygen atoms in total. The number of rotatable bonds is 12. The molecule has 2 atom stereocenters. The molecule has 0 saturated carbocycles. The van der Waals surface area contributed by atoms with Gasteiger partial charge in [-0.3, -0.25) is 0 Å². The summed E-state index contributed by atoms with van der Waals surface area (Å²) in [5.74, 6) is -1.17. The number of aliphatic hydroxyl groups is 2. The molecule has 20 heavy (non-hydrogen) atoms. The fourth-order valence-electron chi connectivity index (χ4n) is 3.37. The molecule has 122 valence electrons. The van der Waals surface area contributed by atoms with E-state index in [1.807, 2.05) is 6.92 Å². The maximum atomic E-state index is 10.5. The average Bonchev–Trinajstić information content (AvgIpc) is 2.38. The van der Waals surface area contributed by atoms with Gasteiger partial charge >= 0.3 is 0 Å². The van der Waals surface area contributed by atoms with Crippen LogP contribution in [0.1, 0.15) is 98.8 Å². The molecule has 2 unspecified atom stereocenters. The van der Waals surface area contributed by atoms with Gasteiger partial charge in [0.05, 0.1) is 0 Å². The lowest BCUT2D eigenvalue weighted by Gasteiger charge is -2.46. The second-order valence-electron chi connectivity index (χ2n) is 6.84. The summed E-state index contributed by atoms with van der Waals surface area (Å²) in [4.78, 5) is 0. The fraction of sp³-hybridized carbons (Fsp3) is 1.00. The van der Waals surface area contributed by atoms with Crippen LogP contribution in [0.15, 0.2) is 0 Å². The predicted octanol–water partition coefficient (Wildman–Crippen LogP) is 5.27. The Morgan fingerprint density at radius 2 is 1.35 bits per heavy atom. The average molecular weight is 287 g/mol. The number of hydrogen-bond acceptors (Lipinski definition) is 2. The van der Waals surface area contributed by atoms with E-state index in [-0.39, 0.29) is 5.41 Å². The van der Waals surface area contributed by atoms with Gasteiger partial charge in [-0.05, 0) is 18.8 Å². The van der Waals surface area contributed by atoms with Gasteiger partial charge in [-0.15, -0.1) is 0 Å². The minimum atomic E-state index is -1.53. The SMILES string of the molecule is CCCCCCCC(C)C(C)(CCC)C(O)(O)CCC. The van der Waals surface area contributed by atoms with E-state index < -0.39 is 5.79 Å². The molecule has 0 amide bonds. The summed E-state index contributed by atoms with van der Waals surface area (Å²) < 4.78 is 0. The minimum Gasteiger partial charge on any atom is -0.365 e. The summed E-state index contributed by atoms with van der Waals surface area (Å²) >= 11 is 0. The Balaban J connectivity index is 4.55. The maximum Gasteiger partial charge on any atom is 0.168 e. The van der Waals surface area contributed by atoms with Crippen molar-refractivity contribution in [1.82, 2.24) is 0 Å². The summed E-state index contributed by atoms with van der Waals surface area (Å²) in [5.41, 5.74) is -0.386. The highest BCUT2D eigenvalue weighted by Crippen LogP contribution is 2.45. The molecule has 0 aromatic carbocycles. The summed E-state index contributed by atoms with van der Waals surface area (Å²) in [5, 5.41) is 21.1. The van der Waals surface area contributed by atoms with Gasteiger partial charge in [-0.2, -0.15) is 0 Å². The van der Waals surface area contributed by atoms with Crippen LogP contribution in [0, 0.1) is 11.3 Å². The highest BCUT2D eigenvalue weighted by atomic mass is 16.5. The standard InChI is InChI=1S/C18H38O2/c1-6-9-10-11-12-13-16(4)17(5,14-7-2)18(19,20)15-8-3/h16,19-20H,6-15H2,1-5H3. The third-order valence-corrected chi connectivity index (χ3v) is 5.11. The molecule has 0 heterocycles. The number of hydrogen-bond donors (Lipinski definition) is 2. The summed E-state index contributed by atoms with van der Waals surface area (Å²) in [6, 6.07) is 0. The molecular formula is C18H38O2. The molecule has 2 N–H and O–H groups in total. The zero-order chi connectivity index (χ0) is 15.6. The van der Waals surface area contributed by atoms with Crippen LogP contribution in [0.3, 0.4) is 0 Å². The van der Waals surface area contributed by atoms with Gasteiger partial charge in [0.2, 0.25) is 0 Å². The maximum absolute atomic E-state index is 10.5. The van der Waals surface area contributed by atoms with E-state index in [9.17, 15) is 10.2 Å². The normalized spacial score (nSPS) is 16.9. The van der Waals surface area contributed by atoms with E-state index in [1.165, 1.54) is 32.1 Å². The van der Waals surface area contributed by atoms with Gasteiger partial charge in [0.25, 0.3) is 0 Å². The third kappa shape index (κ3) is 5.73. The monoisotopic (exact) mass is 286 g/mol. The highest BCUT2D eigenvalue weighted by Gasteiger charge is 2.47. The third-order valence-electron chi connectivity index (χ3n) is 5.11. The lowest BCUT2D eigenvalue weighted by atomic mass is 9.65. The first-order valence-corrected chi connectivity index (χ1v) is 8.80. The van der Waals surface area contributed by atoms with Crippen molar-refractivity contribution in [2.45, 2.75) is 105 Å². The van der Waals surface area contributed by atoms with Gasteiger partial charge in [-0.1, -0.05) is 79.6 Å². The van der Waals surface area contributed by atoms with E-state index in [4.69, 9.17) is 0 Å². The molecule has 0 spiro atoms. The van der Waals surface area contributed by atoms with Crippen molar-refractivity contribution < 1.29 is 10.2 Å². The molecule has 0 aliphatic heterocycles. The summed E-state index contributed by atoms with van der Waals surface area (Å²) in [6.07, 6.45) is 10.7. The molecule has 0 aromatic rings. The van der Waals surface area contributed by atoms with Gasteiger partial charge in [-0.25, -0.2) is 0 Å². The molecule has 0 bridgehead atoms. The van der Waals surface area contributed by atoms with E-state index >= 15 is 0 Å². The van der Waals surface area contributed by atoms with Crippen LogP contribution in [-0.4, -0.2) is 16.0 Å². The van der Waals surface area contributed by atoms with Crippen LogP contribution in [0.4, 0.5) is 0 Å². The van der Waals surface area contributed by atoms with Crippen LogP contribution >= 0.6 is 0 Å². The van der Waals surface area contributed by atoms with Crippen LogP contribution in [-0.2, 0) is 0 Å². The van der Waals surface area contributed by atoms with E-state index in [2.05, 4.69) is 27.7 Å². The lowest BCUT2D eigenvalue weighted by Crippen LogP contribution is -2.50. The lowest BCUT2D eigenvalue weighted by molar-refractivity contribution is -0.260. The van der Waals surface area contributed by atoms with E-state index in [1.54, 1.807) is 0 Å². The second-order valence-corrected chi connectivity index (χ2v) is 6.84. The molecule has 0 fully saturated rings. The van der Waals surface area contributed by atoms with Crippen molar-refractivity contribution in [3.05, 3.63) is 0 Å². The molecule has 0 aromatic heterocycles. The van der Waals surface area contributed by atoms with Crippen molar-refractivity contribution in [2.24, 2.45) is 11.3 Å². The zero-order valence-corrected chi connectivity index (χ0v) is 14.5. The van der Waals surface area contributed by atoms with Crippen molar-refractivity contribution in [1.29, 1.82) is 0 Å². The molecular weight excluding hydrogens is 248 g/mol. The van der Waals surface area contributed by atoms with Crippen molar-refractivity contribution in [3.8, 4) is 0 Å². The summed E-state index contributed by atoms with van der Waals surface area (Å²) in [7, 11) is 0. The predicted molar refractivity (Wildman–Crippen MR) is 87.6 cm³/mol. The molecule has 0 aliphatic carbocycles. The van der Waals surface area contributed by atoms with Crippen molar-refractivity contribution in [2.75, 3.05) is 0 Å². The van der Waals surface area contributed by atoms with Crippen LogP contribution in [0.25, 0.3) is 0 Å². The first-order valence-electron chi connectivity index (χ1n) is 8.80. The Kier molecular flexibility index (Phi) is 9.74. The minimum absolute atomic E-state index is 0.352. The molecule has 0 radical (unpaired) electrons. The topological polar surface area (TPSA) is 40.5 Å². The van der Waals surface area contributed by atoms with Crippen molar-refractivity contribution in [3.63, 3.8) is 0 Å². The Morgan fingerprint density at radius 3 is 1.85 bits per heavy atom. The fourth-order valence-corrected chi connectivity index (χ4v) is 3.37. The van der Waals surface area contributed by atoms with Gasteiger partial charge in [0.1, 0.15) is 0 Å². The Bertz CT molecular complexity index is 238. The Labute approximate surface area is 127 Å². The first-order chi connectivity index (χ1) is 9.35.